The molecule has 15 rings (SSSR count). The van der Waals surface area contributed by atoms with Crippen LogP contribution in [0.4, 0.5) is 29.1 Å². The van der Waals surface area contributed by atoms with E-state index in [1.807, 2.05) is 184 Å². The first kappa shape index (κ1) is 109. The molecule has 10 heterocycles. The number of benzene rings is 5. The number of nitrogens with two attached hydrogens (primary N) is 5. The van der Waals surface area contributed by atoms with Gasteiger partial charge in [-0.1, -0.05) is 30.3 Å². The summed E-state index contributed by atoms with van der Waals surface area (Å²) < 4.78 is 124. The summed E-state index contributed by atoms with van der Waals surface area (Å²) in [4.78, 5) is 67.5. The zero-order chi connectivity index (χ0) is 102. The average Bonchev–Trinajstić information content (AvgIpc) is 1.65. The molecule has 44 heteroatoms. The standard InChI is InChI=1S/C21H30N4O3S.C20H29N5O4S.2C19H25N5O3.C18H25N5O4S/c1-5-27-14-17-24-19-20(25(17)2)18-15(23-21(19)22)10-9-11-16(18)28-12-7-6-8-13-29(3,4)26;1-5-27-13-16-24-18-19(25(16)2)17-14(23-20(18)21)7-6-8-15(17)29-12-11-28-10-9-22-30(3,4)26;2*1-4-26-11-15-23-17-18(24(15)3)16-13(22-19(17)20)7-5-8-14(16)27-10-6-9-21-12(2)25;1-4-26-11-14-22-16-17(23(14)2)15-12(21-18(16)19)7-5-8-13(15)27-10-6-9-20-28(3,24)25/h9-11H,3,5-8,12-14H2,1-2,4H3,(H2,22,23);6-8H,3,5,9-13H2,1-2,4H3,(H2,21,23)(H,22,26);2*5,7-8H,4,6,9-11H2,1-3H3,(H2,20,22)(H,21,25);5,7-8,20H,4,6,9-11H2,1-3H3,(H2,19,21). The number of carbonyl (C=O) groups is 2. The summed E-state index contributed by atoms with van der Waals surface area (Å²) in [7, 11) is 2.36. The molecule has 2 unspecified atom stereocenters. The molecule has 15 aromatic rings. The normalized spacial score (nSPS) is 12.4. The lowest BCUT2D eigenvalue weighted by Gasteiger charge is -2.12. The van der Waals surface area contributed by atoms with Gasteiger partial charge in [-0.25, -0.2) is 67.7 Å². The van der Waals surface area contributed by atoms with Gasteiger partial charge in [-0.2, -0.15) is 0 Å². The van der Waals surface area contributed by atoms with Gasteiger partial charge in [0.25, 0.3) is 0 Å². The van der Waals surface area contributed by atoms with Crippen molar-refractivity contribution in [1.29, 1.82) is 0 Å². The van der Waals surface area contributed by atoms with Crippen LogP contribution in [-0.2, 0) is 136 Å². The summed E-state index contributed by atoms with van der Waals surface area (Å²) >= 11 is 0. The van der Waals surface area contributed by atoms with E-state index in [4.69, 9.17) is 80.8 Å². The molecule has 2 atom stereocenters. The lowest BCUT2D eigenvalue weighted by molar-refractivity contribution is -0.119. The summed E-state index contributed by atoms with van der Waals surface area (Å²) in [6.45, 7) is 22.8. The monoisotopic (exact) mass is 2000 g/mol. The molecule has 0 aliphatic carbocycles. The molecule has 0 saturated heterocycles. The van der Waals surface area contributed by atoms with Crippen LogP contribution in [-0.4, -0.2) is 243 Å². The summed E-state index contributed by atoms with van der Waals surface area (Å²) in [6.07, 6.45) is 9.08. The van der Waals surface area contributed by atoms with E-state index in [0.717, 1.165) is 148 Å². The zero-order valence-corrected chi connectivity index (χ0v) is 85.6. The maximum Gasteiger partial charge on any atom is 0.216 e. The number of hydrogen-bond acceptors (Lipinski definition) is 32. The molecule has 10 aromatic heterocycles. The van der Waals surface area contributed by atoms with Crippen molar-refractivity contribution in [3.8, 4) is 28.7 Å². The summed E-state index contributed by atoms with van der Waals surface area (Å²) in [5, 5.41) is 9.85. The van der Waals surface area contributed by atoms with Crippen LogP contribution in [0.1, 0.15) is 116 Å². The number of ether oxygens (including phenoxy) is 11. The number of sulfonamides is 1. The van der Waals surface area contributed by atoms with Gasteiger partial charge in [0, 0.05) is 136 Å². The molecule has 2 amide bonds. The molecular formula is C97H134N24O17S3. The van der Waals surface area contributed by atoms with E-state index in [0.29, 0.717) is 237 Å². The number of unbranched alkanes of at least 4 members (excludes halogenated alkanes) is 2. The lowest BCUT2D eigenvalue weighted by atomic mass is 10.1. The fourth-order valence-electron chi connectivity index (χ4n) is 15.5. The molecule has 14 N–H and O–H groups in total. The van der Waals surface area contributed by atoms with Crippen LogP contribution in [0.2, 0.25) is 0 Å². The second kappa shape index (κ2) is 51.0. The van der Waals surface area contributed by atoms with E-state index >= 15 is 0 Å². The molecule has 141 heavy (non-hydrogen) atoms. The number of amides is 2. The number of anilines is 5. The Kier molecular flexibility index (Phi) is 39.2. The number of nitrogen functional groups attached to an aromatic ring is 5. The molecule has 762 valence electrons. The highest BCUT2D eigenvalue weighted by Crippen LogP contribution is 2.41. The highest BCUT2D eigenvalue weighted by molar-refractivity contribution is 7.99. The third kappa shape index (κ3) is 28.7. The Balaban J connectivity index is 0.000000169. The second-order valence-corrected chi connectivity index (χ2v) is 40.1. The SMILES string of the molecule is C=S(C)(=O)CCCCCOc1cccc2nc(N)c3nc(COCC)n(C)c3c12.C=S(C)(=O)NCCOCCOc1cccc2nc(N)c3nc(COCC)n(C)c3c12.CCOCc1nc2c(N)nc3cccc(OCCCNC(C)=O)c3c2n1C.CCOCc1nc2c(N)nc3cccc(OCCCNC(C)=O)c3c2n1C.CCOCc1nc2c(N)nc3cccc(OCCCNS(C)(=O)=O)c3c2n1C. The number of rotatable bonds is 46. The van der Waals surface area contributed by atoms with Gasteiger partial charge in [0.1, 0.15) is 125 Å². The van der Waals surface area contributed by atoms with Crippen molar-refractivity contribution in [3.63, 3.8) is 0 Å². The Labute approximate surface area is 820 Å². The van der Waals surface area contributed by atoms with E-state index in [1.165, 1.54) is 13.8 Å². The molecule has 0 bridgehead atoms. The van der Waals surface area contributed by atoms with Crippen LogP contribution >= 0.6 is 0 Å². The van der Waals surface area contributed by atoms with Crippen molar-refractivity contribution in [2.75, 3.05) is 159 Å². The van der Waals surface area contributed by atoms with Crippen LogP contribution in [0.15, 0.2) is 91.0 Å². The molecular weight excluding hydrogens is 1870 g/mol. The second-order valence-electron chi connectivity index (χ2n) is 33.2. The molecule has 0 aliphatic heterocycles. The van der Waals surface area contributed by atoms with Crippen molar-refractivity contribution in [3.05, 3.63) is 120 Å². The van der Waals surface area contributed by atoms with Gasteiger partial charge >= 0.3 is 0 Å². The predicted octanol–water partition coefficient (Wildman–Crippen LogP) is 10.5. The third-order valence-corrected chi connectivity index (χ3v) is 24.9. The number of hydrogen-bond donors (Lipinski definition) is 9. The maximum absolute atomic E-state index is 11.7. The van der Waals surface area contributed by atoms with Crippen molar-refractivity contribution in [1.82, 2.24) is 92.8 Å². The first-order chi connectivity index (χ1) is 67.5. The number of pyridine rings is 5. The average molecular weight is 2000 g/mol. The molecule has 0 aliphatic rings. The van der Waals surface area contributed by atoms with Crippen LogP contribution in [0.3, 0.4) is 0 Å². The van der Waals surface area contributed by atoms with Crippen molar-refractivity contribution in [2.24, 2.45) is 35.2 Å². The quantitative estimate of drug-likeness (QED) is 0.0126. The van der Waals surface area contributed by atoms with Gasteiger partial charge in [-0.05, 0) is 155 Å². The van der Waals surface area contributed by atoms with Gasteiger partial charge in [0.15, 0.2) is 29.1 Å². The Morgan fingerprint density at radius 3 is 0.837 bits per heavy atom. The Morgan fingerprint density at radius 1 is 0.326 bits per heavy atom. The Bertz CT molecular complexity index is 7080. The van der Waals surface area contributed by atoms with Gasteiger partial charge in [-0.3, -0.25) is 18.0 Å². The van der Waals surface area contributed by atoms with Crippen LogP contribution in [0.25, 0.3) is 110 Å². The fourth-order valence-corrected chi connectivity index (χ4v) is 17.3. The van der Waals surface area contributed by atoms with E-state index in [2.05, 4.69) is 81.7 Å². The van der Waals surface area contributed by atoms with Gasteiger partial charge in [0.2, 0.25) is 21.8 Å². The van der Waals surface area contributed by atoms with E-state index in [1.54, 1.807) is 12.5 Å². The summed E-state index contributed by atoms with van der Waals surface area (Å²) in [5.41, 5.74) is 42.1. The lowest BCUT2D eigenvalue weighted by Crippen LogP contribution is -2.26. The number of aromatic nitrogens is 15. The van der Waals surface area contributed by atoms with E-state index in [9.17, 15) is 26.4 Å². The largest absolute Gasteiger partial charge is 0.493 e. The number of imidazole rings is 5. The Morgan fingerprint density at radius 2 is 0.589 bits per heavy atom. The molecule has 0 radical (unpaired) electrons. The summed E-state index contributed by atoms with van der Waals surface area (Å²) in [5.74, 6) is 17.2. The van der Waals surface area contributed by atoms with E-state index < -0.39 is 29.3 Å². The first-order valence-electron chi connectivity index (χ1n) is 46.6. The van der Waals surface area contributed by atoms with Crippen LogP contribution < -0.4 is 72.4 Å². The van der Waals surface area contributed by atoms with Crippen molar-refractivity contribution < 1.29 is 78.5 Å². The summed E-state index contributed by atoms with van der Waals surface area (Å²) in [6, 6.07) is 28.5. The van der Waals surface area contributed by atoms with Gasteiger partial charge < -0.3 is 114 Å². The smallest absolute Gasteiger partial charge is 0.216 e. The topological polar surface area (TPSA) is 536 Å². The van der Waals surface area contributed by atoms with Crippen LogP contribution in [0, 0.1) is 0 Å². The zero-order valence-electron chi connectivity index (χ0n) is 83.1. The first-order valence-corrected chi connectivity index (χ1v) is 52.9. The number of nitrogens with zero attached hydrogens (tertiary/aromatic N) is 15. The van der Waals surface area contributed by atoms with Crippen molar-refractivity contribution in [2.45, 2.75) is 120 Å². The minimum absolute atomic E-state index is 0.0433. The molecule has 0 spiro atoms. The predicted molar refractivity (Wildman–Crippen MR) is 560 cm³/mol. The molecule has 5 aromatic carbocycles. The molecule has 41 nitrogen and oxygen atoms in total. The highest BCUT2D eigenvalue weighted by atomic mass is 32.2. The Hall–Kier alpha value is -12.9. The number of nitrogens with one attached hydrogen (secondary N) is 4. The fraction of sp³-hybridized carbons (Fsp3) is 0.443. The number of fused-ring (bicyclic) bond motifs is 15. The highest BCUT2D eigenvalue weighted by Gasteiger charge is 2.26. The van der Waals surface area contributed by atoms with Crippen molar-refractivity contribution >= 4 is 192 Å². The minimum Gasteiger partial charge on any atom is -0.493 e. The minimum atomic E-state index is -3.20. The third-order valence-electron chi connectivity index (χ3n) is 22.2. The van der Waals surface area contributed by atoms with Gasteiger partial charge in [-0.15, -0.1) is 0 Å². The number of aryl methyl sites for hydroxylation is 5. The molecule has 0 fully saturated rings. The molecule has 0 saturated carbocycles. The van der Waals surface area contributed by atoms with Crippen LogP contribution in [0.5, 0.6) is 28.7 Å². The van der Waals surface area contributed by atoms with Gasteiger partial charge in [0.05, 0.1) is 128 Å². The maximum atomic E-state index is 11.7. The number of carbonyl (C=O) groups excluding carboxylic acids is 2. The van der Waals surface area contributed by atoms with E-state index in [-0.39, 0.29) is 11.8 Å².